The highest BCUT2D eigenvalue weighted by molar-refractivity contribution is 7.17. The zero-order valence-electron chi connectivity index (χ0n) is 12.9. The predicted molar refractivity (Wildman–Crippen MR) is 87.2 cm³/mol. The summed E-state index contributed by atoms with van der Waals surface area (Å²) < 4.78 is 0. The number of thiophene rings is 1. The van der Waals surface area contributed by atoms with Crippen LogP contribution in [0.4, 0.5) is 0 Å². The van der Waals surface area contributed by atoms with E-state index >= 15 is 0 Å². The van der Waals surface area contributed by atoms with Gasteiger partial charge in [0.25, 0.3) is 5.91 Å². The van der Waals surface area contributed by atoms with E-state index in [4.69, 9.17) is 5.11 Å². The lowest BCUT2D eigenvalue weighted by molar-refractivity contribution is 0.0804. The molecule has 1 unspecified atom stereocenters. The van der Waals surface area contributed by atoms with Crippen LogP contribution in [0.5, 0.6) is 0 Å². The molecule has 0 aliphatic carbocycles. The quantitative estimate of drug-likeness (QED) is 0.785. The highest BCUT2D eigenvalue weighted by Gasteiger charge is 2.16. The number of aliphatic hydroxyl groups excluding tert-OH is 2. The number of nitrogens with zero attached hydrogens (tertiary/aromatic N) is 1. The van der Waals surface area contributed by atoms with Crippen LogP contribution in [0, 0.1) is 20.8 Å². The molecule has 0 fully saturated rings. The number of rotatable bonds is 5. The number of aromatic nitrogens is 1. The topological polar surface area (TPSA) is 82.5 Å². The van der Waals surface area contributed by atoms with Crippen LogP contribution in [0.1, 0.15) is 26.5 Å². The molecule has 22 heavy (non-hydrogen) atoms. The summed E-state index contributed by atoms with van der Waals surface area (Å²) in [6.07, 6.45) is -0.940. The van der Waals surface area contributed by atoms with Gasteiger partial charge in [0.05, 0.1) is 28.2 Å². The lowest BCUT2D eigenvalue weighted by Crippen LogP contribution is -2.33. The number of pyridine rings is 1. The van der Waals surface area contributed by atoms with Crippen LogP contribution in [-0.2, 0) is 0 Å². The molecule has 3 N–H and O–H groups in total. The van der Waals surface area contributed by atoms with Gasteiger partial charge in [-0.05, 0) is 50.1 Å². The van der Waals surface area contributed by atoms with Crippen molar-refractivity contribution in [3.05, 3.63) is 39.9 Å². The number of hydrogen-bond donors (Lipinski definition) is 3. The number of nitrogens with one attached hydrogen (secondary N) is 1. The lowest BCUT2D eigenvalue weighted by atomic mass is 10.2. The van der Waals surface area contributed by atoms with E-state index in [2.05, 4.69) is 10.3 Å². The molecular weight excluding hydrogens is 300 g/mol. The van der Waals surface area contributed by atoms with Crippen LogP contribution >= 0.6 is 11.3 Å². The molecule has 118 valence electrons. The molecule has 0 saturated heterocycles. The fourth-order valence-corrected chi connectivity index (χ4v) is 3.21. The largest absolute Gasteiger partial charge is 0.394 e. The molecule has 0 spiro atoms. The van der Waals surface area contributed by atoms with E-state index in [1.165, 1.54) is 11.3 Å². The summed E-state index contributed by atoms with van der Waals surface area (Å²) >= 11 is 1.38. The van der Waals surface area contributed by atoms with E-state index in [1.807, 2.05) is 39.0 Å². The van der Waals surface area contributed by atoms with Gasteiger partial charge in [-0.1, -0.05) is 0 Å². The standard InChI is InChI=1S/C16H20N2O3S/c1-9-4-11(3)18-13(5-9)14-6-10(2)15(22-14)16(21)17-7-12(20)8-19/h4-6,12,19-20H,7-8H2,1-3H3,(H,17,21). The van der Waals surface area contributed by atoms with Crippen molar-refractivity contribution in [2.45, 2.75) is 26.9 Å². The Morgan fingerprint density at radius 2 is 2.05 bits per heavy atom. The van der Waals surface area contributed by atoms with Gasteiger partial charge in [0.1, 0.15) is 0 Å². The molecule has 5 nitrogen and oxygen atoms in total. The van der Waals surface area contributed by atoms with Crippen LogP contribution in [0.3, 0.4) is 0 Å². The van der Waals surface area contributed by atoms with Crippen molar-refractivity contribution in [2.75, 3.05) is 13.2 Å². The van der Waals surface area contributed by atoms with E-state index in [9.17, 15) is 9.90 Å². The van der Waals surface area contributed by atoms with E-state index in [1.54, 1.807) is 0 Å². The van der Waals surface area contributed by atoms with Crippen molar-refractivity contribution in [3.63, 3.8) is 0 Å². The summed E-state index contributed by atoms with van der Waals surface area (Å²) in [5.74, 6) is -0.245. The van der Waals surface area contributed by atoms with Gasteiger partial charge in [-0.2, -0.15) is 0 Å². The molecule has 0 radical (unpaired) electrons. The molecule has 0 bridgehead atoms. The van der Waals surface area contributed by atoms with Crippen molar-refractivity contribution in [1.82, 2.24) is 10.3 Å². The second kappa shape index (κ2) is 7.00. The van der Waals surface area contributed by atoms with Crippen LogP contribution in [0.15, 0.2) is 18.2 Å². The smallest absolute Gasteiger partial charge is 0.261 e. The summed E-state index contributed by atoms with van der Waals surface area (Å²) in [6.45, 7) is 5.49. The highest BCUT2D eigenvalue weighted by atomic mass is 32.1. The Bertz CT molecular complexity index is 662. The van der Waals surface area contributed by atoms with E-state index in [0.29, 0.717) is 4.88 Å². The summed E-state index contributed by atoms with van der Waals surface area (Å²) in [5, 5.41) is 20.7. The van der Waals surface area contributed by atoms with Gasteiger partial charge < -0.3 is 15.5 Å². The average molecular weight is 320 g/mol. The first-order chi connectivity index (χ1) is 10.4. The van der Waals surface area contributed by atoms with Crippen LogP contribution < -0.4 is 5.32 Å². The first-order valence-electron chi connectivity index (χ1n) is 7.04. The summed E-state index contributed by atoms with van der Waals surface area (Å²) in [4.78, 5) is 18.2. The molecule has 2 aromatic heterocycles. The molecule has 0 aliphatic heterocycles. The van der Waals surface area contributed by atoms with Crippen molar-refractivity contribution in [1.29, 1.82) is 0 Å². The fourth-order valence-electron chi connectivity index (χ4n) is 2.16. The summed E-state index contributed by atoms with van der Waals surface area (Å²) in [6, 6.07) is 5.95. The van der Waals surface area contributed by atoms with Gasteiger partial charge in [-0.3, -0.25) is 9.78 Å². The Labute approximate surface area is 133 Å². The third-order valence-corrected chi connectivity index (χ3v) is 4.44. The highest BCUT2D eigenvalue weighted by Crippen LogP contribution is 2.30. The fraction of sp³-hybridized carbons (Fsp3) is 0.375. The number of hydrogen-bond acceptors (Lipinski definition) is 5. The Kier molecular flexibility index (Phi) is 5.28. The lowest BCUT2D eigenvalue weighted by Gasteiger charge is -2.08. The maximum Gasteiger partial charge on any atom is 0.261 e. The maximum atomic E-state index is 12.2. The van der Waals surface area contributed by atoms with E-state index < -0.39 is 6.10 Å². The maximum absolute atomic E-state index is 12.2. The van der Waals surface area contributed by atoms with Crippen molar-refractivity contribution >= 4 is 17.2 Å². The van der Waals surface area contributed by atoms with Crippen molar-refractivity contribution < 1.29 is 15.0 Å². The SMILES string of the molecule is Cc1cc(C)nc(-c2cc(C)c(C(=O)NCC(O)CO)s2)c1. The number of carbonyl (C=O) groups excluding carboxylic acids is 1. The Morgan fingerprint density at radius 3 is 2.68 bits per heavy atom. The second-order valence-electron chi connectivity index (χ2n) is 5.34. The van der Waals surface area contributed by atoms with Crippen LogP contribution in [0.25, 0.3) is 10.6 Å². The third-order valence-electron chi connectivity index (χ3n) is 3.18. The molecule has 2 heterocycles. The minimum Gasteiger partial charge on any atom is -0.394 e. The molecule has 0 saturated carbocycles. The Balaban J connectivity index is 2.22. The van der Waals surface area contributed by atoms with Gasteiger partial charge in [-0.15, -0.1) is 11.3 Å². The Morgan fingerprint density at radius 1 is 1.32 bits per heavy atom. The average Bonchev–Trinajstić information content (AvgIpc) is 2.85. The van der Waals surface area contributed by atoms with Crippen LogP contribution in [0.2, 0.25) is 0 Å². The van der Waals surface area contributed by atoms with Gasteiger partial charge in [0, 0.05) is 12.2 Å². The molecule has 2 rings (SSSR count). The zero-order chi connectivity index (χ0) is 16.3. The van der Waals surface area contributed by atoms with Gasteiger partial charge in [0.15, 0.2) is 0 Å². The number of aryl methyl sites for hydroxylation is 3. The molecule has 6 heteroatoms. The monoisotopic (exact) mass is 320 g/mol. The first kappa shape index (κ1) is 16.6. The number of aliphatic hydroxyl groups is 2. The Hall–Kier alpha value is -1.76. The van der Waals surface area contributed by atoms with Crippen molar-refractivity contribution in [2.24, 2.45) is 0 Å². The normalized spacial score (nSPS) is 12.2. The zero-order valence-corrected chi connectivity index (χ0v) is 13.7. The van der Waals surface area contributed by atoms with Gasteiger partial charge >= 0.3 is 0 Å². The molecular formula is C16H20N2O3S. The molecule has 0 aliphatic rings. The van der Waals surface area contributed by atoms with E-state index in [-0.39, 0.29) is 19.1 Å². The third kappa shape index (κ3) is 3.91. The molecule has 2 aromatic rings. The predicted octanol–water partition coefficient (Wildman–Crippen LogP) is 1.82. The van der Waals surface area contributed by atoms with E-state index in [0.717, 1.165) is 27.4 Å². The first-order valence-corrected chi connectivity index (χ1v) is 7.85. The second-order valence-corrected chi connectivity index (χ2v) is 6.39. The minimum atomic E-state index is -0.940. The van der Waals surface area contributed by atoms with Gasteiger partial charge in [0.2, 0.25) is 0 Å². The number of amides is 1. The molecule has 0 aromatic carbocycles. The summed E-state index contributed by atoms with van der Waals surface area (Å²) in [5.41, 5.74) is 3.81. The van der Waals surface area contributed by atoms with Crippen molar-refractivity contribution in [3.8, 4) is 10.6 Å². The van der Waals surface area contributed by atoms with Gasteiger partial charge in [-0.25, -0.2) is 0 Å². The molecule has 1 amide bonds. The summed E-state index contributed by atoms with van der Waals surface area (Å²) in [7, 11) is 0. The van der Waals surface area contributed by atoms with Crippen LogP contribution in [-0.4, -0.2) is 40.4 Å². The molecule has 1 atom stereocenters. The minimum absolute atomic E-state index is 0.0316. The number of carbonyl (C=O) groups is 1.